The van der Waals surface area contributed by atoms with Crippen LogP contribution < -0.4 is 21.5 Å². The largest absolute Gasteiger partial charge is 0.477 e. The average Bonchev–Trinajstić information content (AvgIpc) is 2.44. The maximum absolute atomic E-state index is 14.0. The molecule has 0 unspecified atom stereocenters. The summed E-state index contributed by atoms with van der Waals surface area (Å²) >= 11 is 0. The van der Waals surface area contributed by atoms with Crippen molar-refractivity contribution < 1.29 is 13.9 Å². The summed E-state index contributed by atoms with van der Waals surface area (Å²) in [7, 11) is 0. The topological polar surface area (TPSA) is 103 Å². The van der Waals surface area contributed by atoms with E-state index in [1.165, 1.54) is 0 Å². The molecule has 0 bridgehead atoms. The van der Waals surface area contributed by atoms with Crippen LogP contribution in [0, 0.1) is 5.82 Å². The van der Waals surface area contributed by atoms with Crippen molar-refractivity contribution >= 4 is 36.5 Å². The van der Waals surface area contributed by atoms with Crippen LogP contribution in [0.5, 0.6) is 5.88 Å². The number of halogens is 3. The molecule has 2 rings (SSSR count). The van der Waals surface area contributed by atoms with E-state index in [1.54, 1.807) is 6.92 Å². The van der Waals surface area contributed by atoms with Crippen molar-refractivity contribution in [1.82, 2.24) is 4.98 Å². The fourth-order valence-corrected chi connectivity index (χ4v) is 2.45. The van der Waals surface area contributed by atoms with Gasteiger partial charge in [0, 0.05) is 12.1 Å². The first kappa shape index (κ1) is 21.7. The molecule has 0 aromatic carbocycles. The van der Waals surface area contributed by atoms with Gasteiger partial charge in [0.1, 0.15) is 5.56 Å². The van der Waals surface area contributed by atoms with Crippen LogP contribution in [0.3, 0.4) is 0 Å². The molecule has 0 aliphatic heterocycles. The number of ether oxygens (including phenoxy) is 1. The van der Waals surface area contributed by atoms with Gasteiger partial charge in [-0.3, -0.25) is 4.79 Å². The molecule has 0 spiro atoms. The van der Waals surface area contributed by atoms with E-state index in [9.17, 15) is 9.18 Å². The number of pyridine rings is 1. The lowest BCUT2D eigenvalue weighted by molar-refractivity contribution is 0.0995. The summed E-state index contributed by atoms with van der Waals surface area (Å²) in [6, 6.07) is 1.41. The Bertz CT molecular complexity index is 526. The third-order valence-corrected chi connectivity index (χ3v) is 3.60. The number of primary amides is 1. The number of hydrogen-bond donors (Lipinski definition) is 3. The van der Waals surface area contributed by atoms with E-state index < -0.39 is 11.7 Å². The number of nitrogens with one attached hydrogen (secondary N) is 1. The summed E-state index contributed by atoms with van der Waals surface area (Å²) < 4.78 is 19.3. The number of rotatable bonds is 5. The van der Waals surface area contributed by atoms with E-state index in [0.29, 0.717) is 6.61 Å². The number of aromatic nitrogens is 1. The highest BCUT2D eigenvalue weighted by Gasteiger charge is 2.22. The van der Waals surface area contributed by atoms with E-state index in [4.69, 9.17) is 16.2 Å². The molecule has 1 amide bonds. The van der Waals surface area contributed by atoms with Crippen molar-refractivity contribution in [1.29, 1.82) is 0 Å². The number of nitrogens with two attached hydrogens (primary N) is 2. The second-order valence-electron chi connectivity index (χ2n) is 5.22. The molecule has 1 aromatic heterocycles. The molecule has 1 saturated carbocycles. The van der Waals surface area contributed by atoms with E-state index >= 15 is 0 Å². The maximum atomic E-state index is 14.0. The van der Waals surface area contributed by atoms with Gasteiger partial charge in [0.2, 0.25) is 5.88 Å². The Hall–Kier alpha value is -1.31. The molecule has 0 saturated heterocycles. The Kier molecular flexibility index (Phi) is 9.19. The third-order valence-electron chi connectivity index (χ3n) is 3.60. The Morgan fingerprint density at radius 1 is 1.39 bits per heavy atom. The number of anilines is 1. The SMILES string of the molecule is CCOc1nc(NC2CCC(N)CC2)c(F)cc1C(N)=O.Cl.Cl. The van der Waals surface area contributed by atoms with Crippen LogP contribution in [0.15, 0.2) is 6.07 Å². The van der Waals surface area contributed by atoms with Gasteiger partial charge in [-0.25, -0.2) is 4.39 Å². The normalized spacial score (nSPS) is 20.0. The van der Waals surface area contributed by atoms with Crippen molar-refractivity contribution in [3.63, 3.8) is 0 Å². The van der Waals surface area contributed by atoms with E-state index in [-0.39, 0.29) is 54.2 Å². The number of hydrogen-bond acceptors (Lipinski definition) is 5. The molecule has 1 aliphatic rings. The molecule has 1 aromatic rings. The lowest BCUT2D eigenvalue weighted by Crippen LogP contribution is -2.33. The Morgan fingerprint density at radius 2 is 2.00 bits per heavy atom. The molecule has 1 heterocycles. The summed E-state index contributed by atoms with van der Waals surface area (Å²) in [4.78, 5) is 15.3. The zero-order valence-corrected chi connectivity index (χ0v) is 14.5. The van der Waals surface area contributed by atoms with Crippen molar-refractivity contribution in [2.24, 2.45) is 11.5 Å². The molecule has 23 heavy (non-hydrogen) atoms. The van der Waals surface area contributed by atoms with E-state index in [2.05, 4.69) is 10.3 Å². The van der Waals surface area contributed by atoms with Gasteiger partial charge in [-0.15, -0.1) is 24.8 Å². The van der Waals surface area contributed by atoms with E-state index in [1.807, 2.05) is 0 Å². The summed E-state index contributed by atoms with van der Waals surface area (Å²) in [6.45, 7) is 2.07. The predicted octanol–water partition coefficient (Wildman–Crippen LogP) is 2.24. The highest BCUT2D eigenvalue weighted by atomic mass is 35.5. The molecule has 5 N–H and O–H groups in total. The number of carbonyl (C=O) groups excluding carboxylic acids is 1. The van der Waals surface area contributed by atoms with Crippen molar-refractivity contribution in [2.75, 3.05) is 11.9 Å². The second kappa shape index (κ2) is 9.75. The van der Waals surface area contributed by atoms with Crippen LogP contribution in [0.25, 0.3) is 0 Å². The van der Waals surface area contributed by atoms with Gasteiger partial charge in [0.15, 0.2) is 11.6 Å². The summed E-state index contributed by atoms with van der Waals surface area (Å²) in [5.41, 5.74) is 11.0. The van der Waals surface area contributed by atoms with Gasteiger partial charge in [-0.2, -0.15) is 4.98 Å². The van der Waals surface area contributed by atoms with Gasteiger partial charge < -0.3 is 21.5 Å². The molecule has 6 nitrogen and oxygen atoms in total. The molecular formula is C14H23Cl2FN4O2. The number of nitrogens with zero attached hydrogens (tertiary/aromatic N) is 1. The molecule has 1 fully saturated rings. The summed E-state index contributed by atoms with van der Waals surface area (Å²) in [5, 5.41) is 3.06. The quantitative estimate of drug-likeness (QED) is 0.739. The Balaban J connectivity index is 0.00000242. The van der Waals surface area contributed by atoms with E-state index in [0.717, 1.165) is 31.7 Å². The standard InChI is InChI=1S/C14H21FN4O2.2ClH/c1-2-21-14-10(12(17)20)7-11(15)13(19-14)18-9-5-3-8(16)4-6-9;;/h7-9H,2-6,16H2,1H3,(H2,17,20)(H,18,19);2*1H. The Morgan fingerprint density at radius 3 is 2.52 bits per heavy atom. The van der Waals surface area contributed by atoms with Gasteiger partial charge in [-0.1, -0.05) is 0 Å². The van der Waals surface area contributed by atoms with Crippen LogP contribution in [0.1, 0.15) is 43.0 Å². The molecule has 132 valence electrons. The maximum Gasteiger partial charge on any atom is 0.254 e. The van der Waals surface area contributed by atoms with Crippen LogP contribution in [0.2, 0.25) is 0 Å². The van der Waals surface area contributed by atoms with Crippen LogP contribution in [-0.2, 0) is 0 Å². The summed E-state index contributed by atoms with van der Waals surface area (Å²) in [5.74, 6) is -1.23. The minimum absolute atomic E-state index is 0. The third kappa shape index (κ3) is 5.67. The first-order valence-corrected chi connectivity index (χ1v) is 7.16. The van der Waals surface area contributed by atoms with Crippen LogP contribution in [0.4, 0.5) is 10.2 Å². The number of carbonyl (C=O) groups is 1. The average molecular weight is 369 g/mol. The molecule has 0 radical (unpaired) electrons. The zero-order chi connectivity index (χ0) is 15.4. The zero-order valence-electron chi connectivity index (χ0n) is 12.9. The van der Waals surface area contributed by atoms with Gasteiger partial charge >= 0.3 is 0 Å². The Labute approximate surface area is 147 Å². The fourth-order valence-electron chi connectivity index (χ4n) is 2.45. The molecule has 1 aliphatic carbocycles. The fraction of sp³-hybridized carbons (Fsp3) is 0.571. The van der Waals surface area contributed by atoms with Crippen molar-refractivity contribution in [2.45, 2.75) is 44.7 Å². The van der Waals surface area contributed by atoms with Crippen LogP contribution in [-0.4, -0.2) is 29.6 Å². The van der Waals surface area contributed by atoms with Crippen LogP contribution >= 0.6 is 24.8 Å². The van der Waals surface area contributed by atoms with Gasteiger partial charge in [0.25, 0.3) is 5.91 Å². The van der Waals surface area contributed by atoms with Crippen molar-refractivity contribution in [3.05, 3.63) is 17.4 Å². The monoisotopic (exact) mass is 368 g/mol. The predicted molar refractivity (Wildman–Crippen MR) is 92.2 cm³/mol. The first-order chi connectivity index (χ1) is 10.0. The summed E-state index contributed by atoms with van der Waals surface area (Å²) in [6.07, 6.45) is 3.53. The highest BCUT2D eigenvalue weighted by molar-refractivity contribution is 5.95. The number of amides is 1. The molecule has 9 heteroatoms. The lowest BCUT2D eigenvalue weighted by atomic mass is 9.92. The second-order valence-corrected chi connectivity index (χ2v) is 5.22. The highest BCUT2D eigenvalue weighted by Crippen LogP contribution is 2.25. The smallest absolute Gasteiger partial charge is 0.254 e. The first-order valence-electron chi connectivity index (χ1n) is 7.16. The lowest BCUT2D eigenvalue weighted by Gasteiger charge is -2.27. The molecular weight excluding hydrogens is 346 g/mol. The van der Waals surface area contributed by atoms with Crippen molar-refractivity contribution in [3.8, 4) is 5.88 Å². The van der Waals surface area contributed by atoms with Gasteiger partial charge in [0.05, 0.1) is 6.61 Å². The minimum atomic E-state index is -0.764. The molecule has 0 atom stereocenters. The van der Waals surface area contributed by atoms with Gasteiger partial charge in [-0.05, 0) is 38.7 Å². The minimum Gasteiger partial charge on any atom is -0.477 e.